The normalized spacial score (nSPS) is 17.7. The Labute approximate surface area is 124 Å². The van der Waals surface area contributed by atoms with Crippen LogP contribution < -0.4 is 0 Å². The molecule has 1 aliphatic rings. The van der Waals surface area contributed by atoms with Gasteiger partial charge in [-0.1, -0.05) is 37.9 Å². The third-order valence-electron chi connectivity index (χ3n) is 3.49. The summed E-state index contributed by atoms with van der Waals surface area (Å²) in [5.74, 6) is 0.569. The molecule has 0 spiro atoms. The number of aliphatic hydroxyl groups is 1. The van der Waals surface area contributed by atoms with Crippen LogP contribution in [0.3, 0.4) is 0 Å². The fourth-order valence-electron chi connectivity index (χ4n) is 2.34. The third-order valence-corrected chi connectivity index (χ3v) is 4.57. The van der Waals surface area contributed by atoms with Crippen molar-refractivity contribution in [2.24, 2.45) is 0 Å². The predicted octanol–water partition coefficient (Wildman–Crippen LogP) is 2.06. The number of ether oxygens (including phenoxy) is 1. The fourth-order valence-corrected chi connectivity index (χ4v) is 3.19. The van der Waals surface area contributed by atoms with Crippen LogP contribution in [0.5, 0.6) is 0 Å². The zero-order valence-corrected chi connectivity index (χ0v) is 12.9. The Morgan fingerprint density at radius 3 is 3.00 bits per heavy atom. The quantitative estimate of drug-likeness (QED) is 0.556. The Balaban J connectivity index is 1.72. The molecule has 20 heavy (non-hydrogen) atoms. The third kappa shape index (κ3) is 4.71. The van der Waals surface area contributed by atoms with Gasteiger partial charge in [0.05, 0.1) is 18.8 Å². The maximum absolute atomic E-state index is 9.88. The molecule has 1 aliphatic carbocycles. The summed E-state index contributed by atoms with van der Waals surface area (Å²) in [4.78, 5) is 0. The van der Waals surface area contributed by atoms with Crippen molar-refractivity contribution in [3.8, 4) is 0 Å². The van der Waals surface area contributed by atoms with Crippen molar-refractivity contribution in [3.05, 3.63) is 0 Å². The van der Waals surface area contributed by atoms with E-state index in [1.165, 1.54) is 24.6 Å². The number of rotatable bonds is 9. The van der Waals surface area contributed by atoms with Gasteiger partial charge in [0.1, 0.15) is 0 Å². The first-order valence-corrected chi connectivity index (χ1v) is 8.46. The molecule has 0 saturated heterocycles. The highest BCUT2D eigenvalue weighted by molar-refractivity contribution is 7.99. The maximum Gasteiger partial charge on any atom is 0.209 e. The van der Waals surface area contributed by atoms with Crippen LogP contribution in [0.4, 0.5) is 0 Å². The van der Waals surface area contributed by atoms with Crippen molar-refractivity contribution < 1.29 is 9.84 Å². The predicted molar refractivity (Wildman–Crippen MR) is 77.8 cm³/mol. The highest BCUT2D eigenvalue weighted by Gasteiger charge is 2.22. The number of unbranched alkanes of at least 4 members (excludes halogenated alkanes) is 1. The number of tetrazole rings is 1. The van der Waals surface area contributed by atoms with Gasteiger partial charge < -0.3 is 9.84 Å². The van der Waals surface area contributed by atoms with Crippen molar-refractivity contribution in [1.82, 2.24) is 20.2 Å². The van der Waals surface area contributed by atoms with Gasteiger partial charge >= 0.3 is 0 Å². The van der Waals surface area contributed by atoms with Crippen LogP contribution in [0.25, 0.3) is 0 Å². The van der Waals surface area contributed by atoms with Gasteiger partial charge in [-0.05, 0) is 29.7 Å². The lowest BCUT2D eigenvalue weighted by Crippen LogP contribution is -2.19. The van der Waals surface area contributed by atoms with E-state index in [4.69, 9.17) is 4.74 Å². The Bertz CT molecular complexity index is 382. The minimum absolute atomic E-state index is 0.387. The minimum atomic E-state index is -0.467. The van der Waals surface area contributed by atoms with E-state index in [9.17, 15) is 5.11 Å². The molecule has 0 aliphatic heterocycles. The average Bonchev–Trinajstić information content (AvgIpc) is 3.11. The first kappa shape index (κ1) is 15.7. The molecule has 0 aromatic carbocycles. The van der Waals surface area contributed by atoms with E-state index < -0.39 is 6.10 Å². The summed E-state index contributed by atoms with van der Waals surface area (Å²) in [6, 6.07) is 0.436. The molecule has 1 heterocycles. The number of aliphatic hydroxyl groups excluding tert-OH is 1. The SMILES string of the molecule is CCCCOCC(O)CSc1nnnn1C1CCCC1. The van der Waals surface area contributed by atoms with E-state index in [-0.39, 0.29) is 0 Å². The van der Waals surface area contributed by atoms with E-state index >= 15 is 0 Å². The summed E-state index contributed by atoms with van der Waals surface area (Å²) in [7, 11) is 0. The molecule has 1 saturated carbocycles. The molecule has 0 bridgehead atoms. The van der Waals surface area contributed by atoms with E-state index in [0.29, 0.717) is 18.4 Å². The highest BCUT2D eigenvalue weighted by Crippen LogP contribution is 2.31. The molecule has 0 amide bonds. The van der Waals surface area contributed by atoms with Crippen LogP contribution in [0.2, 0.25) is 0 Å². The topological polar surface area (TPSA) is 73.1 Å². The molecule has 1 atom stereocenters. The molecule has 7 heteroatoms. The Morgan fingerprint density at radius 2 is 2.25 bits per heavy atom. The van der Waals surface area contributed by atoms with E-state index in [1.807, 2.05) is 4.68 Å². The summed E-state index contributed by atoms with van der Waals surface area (Å²) in [5, 5.41) is 22.6. The summed E-state index contributed by atoms with van der Waals surface area (Å²) in [5.41, 5.74) is 0. The summed E-state index contributed by atoms with van der Waals surface area (Å²) in [6.45, 7) is 3.23. The molecule has 6 nitrogen and oxygen atoms in total. The second kappa shape index (κ2) is 8.59. The van der Waals surface area contributed by atoms with Crippen molar-refractivity contribution in [3.63, 3.8) is 0 Å². The van der Waals surface area contributed by atoms with Crippen LogP contribution in [0.1, 0.15) is 51.5 Å². The van der Waals surface area contributed by atoms with Crippen LogP contribution in [-0.4, -0.2) is 50.4 Å². The second-order valence-corrected chi connectivity index (χ2v) is 6.22. The number of hydrogen-bond donors (Lipinski definition) is 1. The van der Waals surface area contributed by atoms with Gasteiger partial charge in [0.15, 0.2) is 0 Å². The highest BCUT2D eigenvalue weighted by atomic mass is 32.2. The van der Waals surface area contributed by atoms with E-state index in [1.54, 1.807) is 0 Å². The lowest BCUT2D eigenvalue weighted by atomic mass is 10.3. The minimum Gasteiger partial charge on any atom is -0.390 e. The lowest BCUT2D eigenvalue weighted by Gasteiger charge is -2.13. The van der Waals surface area contributed by atoms with Gasteiger partial charge in [0.2, 0.25) is 5.16 Å². The van der Waals surface area contributed by atoms with Crippen molar-refractivity contribution in [2.75, 3.05) is 19.0 Å². The zero-order valence-electron chi connectivity index (χ0n) is 12.1. The van der Waals surface area contributed by atoms with Gasteiger partial charge in [-0.2, -0.15) is 0 Å². The molecule has 1 unspecified atom stereocenters. The Kier molecular flexibility index (Phi) is 6.75. The molecule has 1 aromatic rings. The maximum atomic E-state index is 9.88. The molecule has 2 rings (SSSR count). The summed E-state index contributed by atoms with van der Waals surface area (Å²) in [6.07, 6.45) is 6.50. The van der Waals surface area contributed by atoms with Gasteiger partial charge in [0.25, 0.3) is 0 Å². The van der Waals surface area contributed by atoms with E-state index in [0.717, 1.165) is 37.4 Å². The van der Waals surface area contributed by atoms with Gasteiger partial charge in [-0.25, -0.2) is 4.68 Å². The number of aromatic nitrogens is 4. The molecule has 1 fully saturated rings. The van der Waals surface area contributed by atoms with Crippen molar-refractivity contribution in [1.29, 1.82) is 0 Å². The van der Waals surface area contributed by atoms with Gasteiger partial charge in [-0.15, -0.1) is 5.10 Å². The molecular weight excluding hydrogens is 276 g/mol. The van der Waals surface area contributed by atoms with Crippen LogP contribution >= 0.6 is 11.8 Å². The molecular formula is C13H24N4O2S. The molecule has 114 valence electrons. The van der Waals surface area contributed by atoms with Gasteiger partial charge in [0, 0.05) is 12.4 Å². The monoisotopic (exact) mass is 300 g/mol. The van der Waals surface area contributed by atoms with Crippen molar-refractivity contribution >= 4 is 11.8 Å². The first-order chi connectivity index (χ1) is 9.81. The smallest absolute Gasteiger partial charge is 0.209 e. The number of nitrogens with zero attached hydrogens (tertiary/aromatic N) is 4. The summed E-state index contributed by atoms with van der Waals surface area (Å²) < 4.78 is 7.33. The molecule has 0 radical (unpaired) electrons. The Hall–Kier alpha value is -0.660. The molecule has 1 N–H and O–H groups in total. The van der Waals surface area contributed by atoms with Crippen LogP contribution in [0.15, 0.2) is 5.16 Å². The Morgan fingerprint density at radius 1 is 1.45 bits per heavy atom. The average molecular weight is 300 g/mol. The van der Waals surface area contributed by atoms with Crippen LogP contribution in [0, 0.1) is 0 Å². The lowest BCUT2D eigenvalue weighted by molar-refractivity contribution is 0.0473. The zero-order chi connectivity index (χ0) is 14.2. The summed E-state index contributed by atoms with van der Waals surface area (Å²) >= 11 is 1.51. The van der Waals surface area contributed by atoms with Gasteiger partial charge in [-0.3, -0.25) is 0 Å². The fraction of sp³-hybridized carbons (Fsp3) is 0.923. The number of thioether (sulfide) groups is 1. The van der Waals surface area contributed by atoms with Crippen molar-refractivity contribution in [2.45, 2.75) is 62.8 Å². The standard InChI is InChI=1S/C13H24N4O2S/c1-2-3-8-19-9-12(18)10-20-13-14-15-16-17(13)11-6-4-5-7-11/h11-12,18H,2-10H2,1H3. The van der Waals surface area contributed by atoms with Crippen LogP contribution in [-0.2, 0) is 4.74 Å². The molecule has 1 aromatic heterocycles. The first-order valence-electron chi connectivity index (χ1n) is 7.47. The largest absolute Gasteiger partial charge is 0.390 e. The number of hydrogen-bond acceptors (Lipinski definition) is 6. The second-order valence-electron chi connectivity index (χ2n) is 5.24. The van der Waals surface area contributed by atoms with E-state index in [2.05, 4.69) is 22.4 Å².